The lowest BCUT2D eigenvalue weighted by molar-refractivity contribution is -0.135. The molecule has 5 heteroatoms. The van der Waals surface area contributed by atoms with Crippen molar-refractivity contribution in [2.75, 3.05) is 46.0 Å². The molecule has 1 atom stereocenters. The number of amides is 1. The number of piperidine rings is 1. The maximum absolute atomic E-state index is 12.0. The number of aliphatic hydroxyl groups excluding tert-OH is 1. The predicted octanol–water partition coefficient (Wildman–Crippen LogP) is 0.0821. The van der Waals surface area contributed by atoms with Gasteiger partial charge in [-0.25, -0.2) is 0 Å². The molecule has 0 aliphatic carbocycles. The van der Waals surface area contributed by atoms with E-state index in [1.165, 1.54) is 12.8 Å². The molecule has 1 amide bonds. The van der Waals surface area contributed by atoms with Crippen LogP contribution in [0.25, 0.3) is 0 Å². The molecular formula is C13H24N2O3. The van der Waals surface area contributed by atoms with E-state index in [1.807, 2.05) is 4.90 Å². The summed E-state index contributed by atoms with van der Waals surface area (Å²) < 4.78 is 5.24. The van der Waals surface area contributed by atoms with Gasteiger partial charge in [0.2, 0.25) is 5.91 Å². The smallest absolute Gasteiger partial charge is 0.224 e. The van der Waals surface area contributed by atoms with E-state index in [2.05, 4.69) is 4.90 Å². The van der Waals surface area contributed by atoms with Crippen LogP contribution in [-0.2, 0) is 9.53 Å². The number of morpholine rings is 1. The predicted molar refractivity (Wildman–Crippen MR) is 68.3 cm³/mol. The van der Waals surface area contributed by atoms with Gasteiger partial charge in [-0.2, -0.15) is 0 Å². The number of rotatable bonds is 4. The SMILES string of the molecule is O=C(CCN1CCCCC1CO)N1CCOCC1. The van der Waals surface area contributed by atoms with Gasteiger partial charge in [0.15, 0.2) is 0 Å². The molecule has 0 aromatic rings. The van der Waals surface area contributed by atoms with Crippen molar-refractivity contribution < 1.29 is 14.6 Å². The molecule has 0 radical (unpaired) electrons. The molecule has 5 nitrogen and oxygen atoms in total. The summed E-state index contributed by atoms with van der Waals surface area (Å²) in [5.41, 5.74) is 0. The molecule has 1 unspecified atom stereocenters. The fourth-order valence-electron chi connectivity index (χ4n) is 2.77. The van der Waals surface area contributed by atoms with Crippen LogP contribution >= 0.6 is 0 Å². The Hall–Kier alpha value is -0.650. The van der Waals surface area contributed by atoms with Crippen LogP contribution in [0, 0.1) is 0 Å². The molecule has 0 aromatic heterocycles. The van der Waals surface area contributed by atoms with Crippen LogP contribution < -0.4 is 0 Å². The van der Waals surface area contributed by atoms with E-state index in [9.17, 15) is 9.90 Å². The van der Waals surface area contributed by atoms with Gasteiger partial charge in [-0.05, 0) is 19.4 Å². The van der Waals surface area contributed by atoms with Crippen molar-refractivity contribution >= 4 is 5.91 Å². The number of ether oxygens (including phenoxy) is 1. The van der Waals surface area contributed by atoms with Crippen molar-refractivity contribution in [3.63, 3.8) is 0 Å². The number of hydrogen-bond donors (Lipinski definition) is 1. The average molecular weight is 256 g/mol. The third-order valence-corrected chi connectivity index (χ3v) is 3.94. The van der Waals surface area contributed by atoms with Gasteiger partial charge in [0.25, 0.3) is 0 Å². The van der Waals surface area contributed by atoms with Crippen molar-refractivity contribution in [2.45, 2.75) is 31.7 Å². The zero-order valence-electron chi connectivity index (χ0n) is 11.0. The Balaban J connectivity index is 1.73. The van der Waals surface area contributed by atoms with Crippen LogP contribution in [0.5, 0.6) is 0 Å². The summed E-state index contributed by atoms with van der Waals surface area (Å²) in [6, 6.07) is 0.260. The first kappa shape index (κ1) is 13.8. The Kier molecular flexibility index (Phi) is 5.41. The summed E-state index contributed by atoms with van der Waals surface area (Å²) in [5.74, 6) is 0.223. The largest absolute Gasteiger partial charge is 0.395 e. The first-order valence-corrected chi connectivity index (χ1v) is 7.01. The van der Waals surface area contributed by atoms with Crippen molar-refractivity contribution in [3.05, 3.63) is 0 Å². The molecule has 0 saturated carbocycles. The highest BCUT2D eigenvalue weighted by atomic mass is 16.5. The summed E-state index contributed by atoms with van der Waals surface area (Å²) in [7, 11) is 0. The number of hydrogen-bond acceptors (Lipinski definition) is 4. The number of carbonyl (C=O) groups is 1. The molecule has 2 fully saturated rings. The molecule has 18 heavy (non-hydrogen) atoms. The Labute approximate surface area is 109 Å². The zero-order chi connectivity index (χ0) is 12.8. The lowest BCUT2D eigenvalue weighted by Gasteiger charge is -2.35. The summed E-state index contributed by atoms with van der Waals surface area (Å²) in [4.78, 5) is 16.2. The van der Waals surface area contributed by atoms with Gasteiger partial charge in [0.1, 0.15) is 0 Å². The molecule has 2 aliphatic heterocycles. The standard InChI is InChI=1S/C13H24N2O3/c16-11-12-3-1-2-5-14(12)6-4-13(17)15-7-9-18-10-8-15/h12,16H,1-11H2. The van der Waals surface area contributed by atoms with Gasteiger partial charge in [-0.15, -0.1) is 0 Å². The second kappa shape index (κ2) is 7.07. The average Bonchev–Trinajstić information content (AvgIpc) is 2.46. The molecule has 0 aromatic carbocycles. The minimum absolute atomic E-state index is 0.214. The van der Waals surface area contributed by atoms with E-state index >= 15 is 0 Å². The first-order valence-electron chi connectivity index (χ1n) is 7.01. The maximum atomic E-state index is 12.0. The number of aliphatic hydroxyl groups is 1. The number of nitrogens with zero attached hydrogens (tertiary/aromatic N) is 2. The molecule has 2 heterocycles. The molecule has 1 N–H and O–H groups in total. The topological polar surface area (TPSA) is 53.0 Å². The third-order valence-electron chi connectivity index (χ3n) is 3.94. The third kappa shape index (κ3) is 3.67. The van der Waals surface area contributed by atoms with Gasteiger partial charge < -0.3 is 14.7 Å². The number of likely N-dealkylation sites (tertiary alicyclic amines) is 1. The van der Waals surface area contributed by atoms with Crippen molar-refractivity contribution in [2.24, 2.45) is 0 Å². The van der Waals surface area contributed by atoms with Crippen molar-refractivity contribution in [1.82, 2.24) is 9.80 Å². The van der Waals surface area contributed by atoms with E-state index in [-0.39, 0.29) is 18.6 Å². The molecule has 2 saturated heterocycles. The van der Waals surface area contributed by atoms with Gasteiger partial charge in [0, 0.05) is 32.1 Å². The van der Waals surface area contributed by atoms with Crippen LogP contribution in [0.2, 0.25) is 0 Å². The molecule has 2 aliphatic rings. The highest BCUT2D eigenvalue weighted by molar-refractivity contribution is 5.76. The van der Waals surface area contributed by atoms with Gasteiger partial charge in [-0.1, -0.05) is 6.42 Å². The highest BCUT2D eigenvalue weighted by Gasteiger charge is 2.23. The van der Waals surface area contributed by atoms with Crippen LogP contribution in [0.4, 0.5) is 0 Å². The van der Waals surface area contributed by atoms with Crippen molar-refractivity contribution in [1.29, 1.82) is 0 Å². The van der Waals surface area contributed by atoms with Crippen LogP contribution in [0.15, 0.2) is 0 Å². The zero-order valence-corrected chi connectivity index (χ0v) is 11.0. The Bertz CT molecular complexity index is 267. The summed E-state index contributed by atoms with van der Waals surface area (Å²) in [6.45, 7) is 4.78. The van der Waals surface area contributed by atoms with Crippen LogP contribution in [0.1, 0.15) is 25.7 Å². The fourth-order valence-corrected chi connectivity index (χ4v) is 2.77. The Morgan fingerprint density at radius 2 is 2.00 bits per heavy atom. The van der Waals surface area contributed by atoms with Crippen LogP contribution in [0.3, 0.4) is 0 Å². The first-order chi connectivity index (χ1) is 8.81. The van der Waals surface area contributed by atoms with Gasteiger partial charge >= 0.3 is 0 Å². The Morgan fingerprint density at radius 1 is 1.22 bits per heavy atom. The minimum Gasteiger partial charge on any atom is -0.395 e. The minimum atomic E-state index is 0.214. The van der Waals surface area contributed by atoms with E-state index in [0.29, 0.717) is 19.6 Å². The van der Waals surface area contributed by atoms with E-state index < -0.39 is 0 Å². The summed E-state index contributed by atoms with van der Waals surface area (Å²) in [5, 5.41) is 9.32. The van der Waals surface area contributed by atoms with Crippen molar-refractivity contribution in [3.8, 4) is 0 Å². The Morgan fingerprint density at radius 3 is 2.72 bits per heavy atom. The summed E-state index contributed by atoms with van der Waals surface area (Å²) in [6.07, 6.45) is 4.00. The van der Waals surface area contributed by atoms with E-state index in [4.69, 9.17) is 4.74 Å². The molecule has 2 rings (SSSR count). The molecule has 104 valence electrons. The monoisotopic (exact) mass is 256 g/mol. The van der Waals surface area contributed by atoms with Gasteiger partial charge in [-0.3, -0.25) is 9.69 Å². The van der Waals surface area contributed by atoms with Crippen LogP contribution in [-0.4, -0.2) is 72.9 Å². The molecular weight excluding hydrogens is 232 g/mol. The van der Waals surface area contributed by atoms with E-state index in [0.717, 1.165) is 32.6 Å². The maximum Gasteiger partial charge on any atom is 0.224 e. The lowest BCUT2D eigenvalue weighted by atomic mass is 10.0. The van der Waals surface area contributed by atoms with E-state index in [1.54, 1.807) is 0 Å². The molecule has 0 spiro atoms. The lowest BCUT2D eigenvalue weighted by Crippen LogP contribution is -2.45. The van der Waals surface area contributed by atoms with Gasteiger partial charge in [0.05, 0.1) is 19.8 Å². The quantitative estimate of drug-likeness (QED) is 0.774. The highest BCUT2D eigenvalue weighted by Crippen LogP contribution is 2.17. The second-order valence-corrected chi connectivity index (χ2v) is 5.11. The normalized spacial score (nSPS) is 26.3. The summed E-state index contributed by atoms with van der Waals surface area (Å²) >= 11 is 0. The second-order valence-electron chi connectivity index (χ2n) is 5.11. The fraction of sp³-hybridized carbons (Fsp3) is 0.923. The number of carbonyl (C=O) groups excluding carboxylic acids is 1. The molecule has 0 bridgehead atoms.